The number of carbonyl (C=O) groups excluding carboxylic acids is 1. The molecule has 0 spiro atoms. The zero-order valence-electron chi connectivity index (χ0n) is 14.4. The molecule has 0 radical (unpaired) electrons. The molecule has 4 rings (SSSR count). The Morgan fingerprint density at radius 2 is 1.81 bits per heavy atom. The first-order valence-electron chi connectivity index (χ1n) is 8.80. The van der Waals surface area contributed by atoms with Gasteiger partial charge in [-0.15, -0.1) is 0 Å². The van der Waals surface area contributed by atoms with E-state index >= 15 is 0 Å². The molecule has 0 unspecified atom stereocenters. The maximum absolute atomic E-state index is 11.9. The monoisotopic (exact) mass is 344 g/mol. The zero-order chi connectivity index (χ0) is 17.8. The van der Waals surface area contributed by atoms with Gasteiger partial charge in [-0.1, -0.05) is 36.4 Å². The molecule has 1 amide bonds. The maximum atomic E-state index is 11.9. The van der Waals surface area contributed by atoms with E-state index in [1.54, 1.807) is 0 Å². The summed E-state index contributed by atoms with van der Waals surface area (Å²) in [5.74, 6) is 0.927. The van der Waals surface area contributed by atoms with Crippen LogP contribution in [0.4, 0.5) is 11.4 Å². The van der Waals surface area contributed by atoms with Gasteiger partial charge < -0.3 is 10.2 Å². The SMILES string of the molecule is O=C1CCCN1c1cccc(NCc2cnc(-c3ccccc3)nc2)c1. The molecule has 1 fully saturated rings. The van der Waals surface area contributed by atoms with E-state index in [-0.39, 0.29) is 5.91 Å². The summed E-state index contributed by atoms with van der Waals surface area (Å²) in [5, 5.41) is 3.38. The van der Waals surface area contributed by atoms with Crippen molar-refractivity contribution >= 4 is 17.3 Å². The number of anilines is 2. The van der Waals surface area contributed by atoms with Gasteiger partial charge in [0.1, 0.15) is 0 Å². The van der Waals surface area contributed by atoms with Crippen molar-refractivity contribution in [1.29, 1.82) is 0 Å². The van der Waals surface area contributed by atoms with E-state index in [0.29, 0.717) is 13.0 Å². The molecule has 3 aromatic rings. The standard InChI is InChI=1S/C21H20N4O/c26-20-10-5-11-25(20)19-9-4-8-18(12-19)22-13-16-14-23-21(24-15-16)17-6-2-1-3-7-17/h1-4,6-9,12,14-15,22H,5,10-11,13H2. The summed E-state index contributed by atoms with van der Waals surface area (Å²) in [6.07, 6.45) is 5.26. The molecule has 2 aromatic carbocycles. The number of aromatic nitrogens is 2. The molecule has 5 heteroatoms. The second kappa shape index (κ2) is 7.35. The van der Waals surface area contributed by atoms with Gasteiger partial charge in [0.05, 0.1) is 0 Å². The molecule has 1 aromatic heterocycles. The predicted octanol–water partition coefficient (Wildman–Crippen LogP) is 3.88. The number of nitrogens with zero attached hydrogens (tertiary/aromatic N) is 3. The van der Waals surface area contributed by atoms with Crippen LogP contribution in [0.5, 0.6) is 0 Å². The Bertz CT molecular complexity index is 893. The Labute approximate surface area is 152 Å². The average molecular weight is 344 g/mol. The van der Waals surface area contributed by atoms with Gasteiger partial charge in [-0.05, 0) is 24.6 Å². The van der Waals surface area contributed by atoms with Crippen LogP contribution in [-0.4, -0.2) is 22.4 Å². The normalized spacial score (nSPS) is 13.8. The van der Waals surface area contributed by atoms with Crippen molar-refractivity contribution in [3.8, 4) is 11.4 Å². The molecule has 0 bridgehead atoms. The Morgan fingerprint density at radius 1 is 1.00 bits per heavy atom. The summed E-state index contributed by atoms with van der Waals surface area (Å²) in [4.78, 5) is 22.6. The predicted molar refractivity (Wildman–Crippen MR) is 103 cm³/mol. The summed E-state index contributed by atoms with van der Waals surface area (Å²) in [5.41, 5.74) is 3.95. The van der Waals surface area contributed by atoms with Crippen molar-refractivity contribution in [3.63, 3.8) is 0 Å². The number of benzene rings is 2. The van der Waals surface area contributed by atoms with Crippen molar-refractivity contribution in [2.24, 2.45) is 0 Å². The first-order valence-corrected chi connectivity index (χ1v) is 8.80. The van der Waals surface area contributed by atoms with Crippen LogP contribution in [0, 0.1) is 0 Å². The highest BCUT2D eigenvalue weighted by molar-refractivity contribution is 5.95. The lowest BCUT2D eigenvalue weighted by molar-refractivity contribution is -0.117. The van der Waals surface area contributed by atoms with Crippen LogP contribution in [0.1, 0.15) is 18.4 Å². The molecule has 0 aliphatic carbocycles. The molecular weight excluding hydrogens is 324 g/mol. The molecule has 0 saturated carbocycles. The lowest BCUT2D eigenvalue weighted by Crippen LogP contribution is -2.23. The molecule has 5 nitrogen and oxygen atoms in total. The summed E-state index contributed by atoms with van der Waals surface area (Å²) < 4.78 is 0. The molecule has 1 aliphatic heterocycles. The number of carbonyl (C=O) groups is 1. The van der Waals surface area contributed by atoms with Gasteiger partial charge in [0.2, 0.25) is 5.91 Å². The van der Waals surface area contributed by atoms with E-state index in [1.165, 1.54) is 0 Å². The number of hydrogen-bond donors (Lipinski definition) is 1. The van der Waals surface area contributed by atoms with Crippen LogP contribution in [0.2, 0.25) is 0 Å². The number of amides is 1. The molecular formula is C21H20N4O. The maximum Gasteiger partial charge on any atom is 0.227 e. The summed E-state index contributed by atoms with van der Waals surface area (Å²) in [6.45, 7) is 1.43. The second-order valence-corrected chi connectivity index (χ2v) is 6.33. The van der Waals surface area contributed by atoms with E-state index in [2.05, 4.69) is 15.3 Å². The van der Waals surface area contributed by atoms with Crippen molar-refractivity contribution < 1.29 is 4.79 Å². The minimum absolute atomic E-state index is 0.201. The Morgan fingerprint density at radius 3 is 2.54 bits per heavy atom. The fourth-order valence-electron chi connectivity index (χ4n) is 3.09. The highest BCUT2D eigenvalue weighted by Gasteiger charge is 2.21. The van der Waals surface area contributed by atoms with Gasteiger partial charge in [0, 0.05) is 54.4 Å². The van der Waals surface area contributed by atoms with Gasteiger partial charge in [-0.2, -0.15) is 0 Å². The Hall–Kier alpha value is -3.21. The minimum Gasteiger partial charge on any atom is -0.381 e. The third-order valence-electron chi connectivity index (χ3n) is 4.47. The third kappa shape index (κ3) is 3.57. The number of hydrogen-bond acceptors (Lipinski definition) is 4. The minimum atomic E-state index is 0.201. The van der Waals surface area contributed by atoms with E-state index in [9.17, 15) is 4.79 Å². The topological polar surface area (TPSA) is 58.1 Å². The van der Waals surface area contributed by atoms with Crippen molar-refractivity contribution in [3.05, 3.63) is 72.6 Å². The van der Waals surface area contributed by atoms with Crippen molar-refractivity contribution in [2.45, 2.75) is 19.4 Å². The molecule has 1 N–H and O–H groups in total. The zero-order valence-corrected chi connectivity index (χ0v) is 14.4. The van der Waals surface area contributed by atoms with Gasteiger partial charge in [0.15, 0.2) is 5.82 Å². The van der Waals surface area contributed by atoms with Gasteiger partial charge in [-0.25, -0.2) is 9.97 Å². The van der Waals surface area contributed by atoms with Crippen LogP contribution < -0.4 is 10.2 Å². The quantitative estimate of drug-likeness (QED) is 0.763. The number of rotatable bonds is 5. The highest BCUT2D eigenvalue weighted by Crippen LogP contribution is 2.24. The van der Waals surface area contributed by atoms with Crippen LogP contribution in [0.3, 0.4) is 0 Å². The molecule has 130 valence electrons. The van der Waals surface area contributed by atoms with Crippen LogP contribution in [0.25, 0.3) is 11.4 Å². The van der Waals surface area contributed by atoms with Gasteiger partial charge >= 0.3 is 0 Å². The average Bonchev–Trinajstić information content (AvgIpc) is 3.14. The van der Waals surface area contributed by atoms with Crippen LogP contribution in [0.15, 0.2) is 67.0 Å². The fraction of sp³-hybridized carbons (Fsp3) is 0.190. The highest BCUT2D eigenvalue weighted by atomic mass is 16.2. The van der Waals surface area contributed by atoms with Crippen LogP contribution >= 0.6 is 0 Å². The van der Waals surface area contributed by atoms with Gasteiger partial charge in [0.25, 0.3) is 0 Å². The van der Waals surface area contributed by atoms with Gasteiger partial charge in [-0.3, -0.25) is 4.79 Å². The Kier molecular flexibility index (Phi) is 4.60. The first-order chi connectivity index (χ1) is 12.8. The van der Waals surface area contributed by atoms with E-state index in [1.807, 2.05) is 71.9 Å². The third-order valence-corrected chi connectivity index (χ3v) is 4.47. The molecule has 0 atom stereocenters. The van der Waals surface area contributed by atoms with Crippen molar-refractivity contribution in [1.82, 2.24) is 9.97 Å². The lowest BCUT2D eigenvalue weighted by atomic mass is 10.2. The molecule has 1 aliphatic rings. The molecule has 26 heavy (non-hydrogen) atoms. The van der Waals surface area contributed by atoms with E-state index in [0.717, 1.165) is 41.3 Å². The molecule has 2 heterocycles. The summed E-state index contributed by atoms with van der Waals surface area (Å²) in [7, 11) is 0. The first kappa shape index (κ1) is 16.3. The second-order valence-electron chi connectivity index (χ2n) is 6.33. The van der Waals surface area contributed by atoms with E-state index < -0.39 is 0 Å². The lowest BCUT2D eigenvalue weighted by Gasteiger charge is -2.17. The number of nitrogens with one attached hydrogen (secondary N) is 1. The summed E-state index contributed by atoms with van der Waals surface area (Å²) in [6, 6.07) is 17.9. The largest absolute Gasteiger partial charge is 0.381 e. The molecule has 1 saturated heterocycles. The van der Waals surface area contributed by atoms with Crippen molar-refractivity contribution in [2.75, 3.05) is 16.8 Å². The van der Waals surface area contributed by atoms with Crippen LogP contribution in [-0.2, 0) is 11.3 Å². The Balaban J connectivity index is 1.42. The smallest absolute Gasteiger partial charge is 0.227 e. The fourth-order valence-corrected chi connectivity index (χ4v) is 3.09. The van der Waals surface area contributed by atoms with E-state index in [4.69, 9.17) is 0 Å². The summed E-state index contributed by atoms with van der Waals surface area (Å²) >= 11 is 0.